The van der Waals surface area contributed by atoms with Crippen molar-refractivity contribution in [2.75, 3.05) is 0 Å². The molecule has 82 valence electrons. The zero-order chi connectivity index (χ0) is 11.6. The Balaban J connectivity index is 2.75. The first kappa shape index (κ1) is 12.1. The first-order valence-corrected chi connectivity index (χ1v) is 5.36. The number of hydrogen-bond donors (Lipinski definition) is 0. The highest BCUT2D eigenvalue weighted by Gasteiger charge is 2.18. The van der Waals surface area contributed by atoms with Crippen molar-refractivity contribution in [3.63, 3.8) is 0 Å². The molecule has 0 bridgehead atoms. The van der Waals surface area contributed by atoms with Gasteiger partial charge < -0.3 is 0 Å². The maximum atomic E-state index is 8.90. The molecule has 0 saturated carbocycles. The van der Waals surface area contributed by atoms with Gasteiger partial charge in [-0.05, 0) is 34.1 Å². The van der Waals surface area contributed by atoms with Crippen molar-refractivity contribution >= 4 is 11.6 Å². The molecule has 0 atom stereocenters. The Bertz CT molecular complexity index is 399. The van der Waals surface area contributed by atoms with Gasteiger partial charge in [0, 0.05) is 6.54 Å². The molecule has 1 heterocycles. The molecule has 0 aliphatic heterocycles. The van der Waals surface area contributed by atoms with Crippen molar-refractivity contribution in [2.45, 2.75) is 40.7 Å². The Labute approximate surface area is 95.7 Å². The lowest BCUT2D eigenvalue weighted by Crippen LogP contribution is -2.13. The largest absolute Gasteiger partial charge is 0.268 e. The Morgan fingerprint density at radius 3 is 2.47 bits per heavy atom. The maximum Gasteiger partial charge on any atom is 0.0844 e. The molecule has 0 unspecified atom stereocenters. The average molecular weight is 226 g/mol. The number of nitrogens with zero attached hydrogens (tertiary/aromatic N) is 3. The molecular formula is C11H16ClN3. The molecular weight excluding hydrogens is 210 g/mol. The fourth-order valence-electron chi connectivity index (χ4n) is 1.33. The summed E-state index contributed by atoms with van der Waals surface area (Å²) in [5, 5.41) is 13.9. The lowest BCUT2D eigenvalue weighted by molar-refractivity contribution is 0.395. The van der Waals surface area contributed by atoms with Crippen molar-refractivity contribution in [1.82, 2.24) is 9.78 Å². The van der Waals surface area contributed by atoms with Crippen LogP contribution in [-0.2, 0) is 6.54 Å². The molecule has 0 aliphatic carbocycles. The van der Waals surface area contributed by atoms with Crippen LogP contribution in [0.4, 0.5) is 0 Å². The minimum Gasteiger partial charge on any atom is -0.268 e. The molecule has 0 fully saturated rings. The summed E-state index contributed by atoms with van der Waals surface area (Å²) < 4.78 is 1.87. The third kappa shape index (κ3) is 2.73. The third-order valence-electron chi connectivity index (χ3n) is 2.54. The second-order valence-electron chi connectivity index (χ2n) is 4.45. The van der Waals surface area contributed by atoms with Crippen LogP contribution in [0.15, 0.2) is 0 Å². The molecule has 3 nitrogen and oxygen atoms in total. The van der Waals surface area contributed by atoms with Crippen LogP contribution >= 0.6 is 11.6 Å². The zero-order valence-electron chi connectivity index (χ0n) is 9.63. The van der Waals surface area contributed by atoms with Crippen molar-refractivity contribution in [2.24, 2.45) is 5.41 Å². The first-order valence-electron chi connectivity index (χ1n) is 4.98. The van der Waals surface area contributed by atoms with E-state index in [-0.39, 0.29) is 5.41 Å². The van der Waals surface area contributed by atoms with Gasteiger partial charge in [0.25, 0.3) is 0 Å². The zero-order valence-corrected chi connectivity index (χ0v) is 10.4. The standard InChI is InChI=1S/C11H16ClN3/c1-8-10(12)9(2)15(14-8)6-5-11(3,4)7-13/h5-6H2,1-4H3. The summed E-state index contributed by atoms with van der Waals surface area (Å²) in [6.07, 6.45) is 0.780. The van der Waals surface area contributed by atoms with Crippen molar-refractivity contribution in [3.8, 4) is 6.07 Å². The van der Waals surface area contributed by atoms with Crippen LogP contribution in [-0.4, -0.2) is 9.78 Å². The average Bonchev–Trinajstić information content (AvgIpc) is 2.43. The molecule has 0 spiro atoms. The molecule has 4 heteroatoms. The second-order valence-corrected chi connectivity index (χ2v) is 4.83. The molecule has 0 N–H and O–H groups in total. The summed E-state index contributed by atoms with van der Waals surface area (Å²) in [6.45, 7) is 8.43. The van der Waals surface area contributed by atoms with Gasteiger partial charge in [-0.25, -0.2) is 0 Å². The number of aromatic nitrogens is 2. The lowest BCUT2D eigenvalue weighted by atomic mass is 9.91. The number of hydrogen-bond acceptors (Lipinski definition) is 2. The van der Waals surface area contributed by atoms with E-state index < -0.39 is 0 Å². The Morgan fingerprint density at radius 2 is 2.07 bits per heavy atom. The van der Waals surface area contributed by atoms with Crippen LogP contribution in [0.2, 0.25) is 5.02 Å². The second kappa shape index (κ2) is 4.24. The maximum absolute atomic E-state index is 8.90. The fraction of sp³-hybridized carbons (Fsp3) is 0.636. The summed E-state index contributed by atoms with van der Waals surface area (Å²) in [7, 11) is 0. The van der Waals surface area contributed by atoms with Crippen LogP contribution in [0, 0.1) is 30.6 Å². The normalized spacial score (nSPS) is 11.5. The van der Waals surface area contributed by atoms with E-state index in [2.05, 4.69) is 11.2 Å². The van der Waals surface area contributed by atoms with Crippen molar-refractivity contribution in [1.29, 1.82) is 5.26 Å². The quantitative estimate of drug-likeness (QED) is 0.793. The molecule has 1 aromatic heterocycles. The molecule has 0 saturated heterocycles. The van der Waals surface area contributed by atoms with Gasteiger partial charge in [-0.15, -0.1) is 0 Å². The summed E-state index contributed by atoms with van der Waals surface area (Å²) in [5.74, 6) is 0. The number of nitriles is 1. The number of rotatable bonds is 3. The molecule has 15 heavy (non-hydrogen) atoms. The van der Waals surface area contributed by atoms with E-state index in [4.69, 9.17) is 16.9 Å². The number of aryl methyl sites for hydroxylation is 2. The van der Waals surface area contributed by atoms with Crippen molar-refractivity contribution < 1.29 is 0 Å². The molecule has 1 aromatic rings. The minimum absolute atomic E-state index is 0.307. The predicted octanol–water partition coefficient (Wildman–Crippen LogP) is 3.09. The van der Waals surface area contributed by atoms with Crippen LogP contribution in [0.5, 0.6) is 0 Å². The summed E-state index contributed by atoms with van der Waals surface area (Å²) in [5.41, 5.74) is 1.52. The highest BCUT2D eigenvalue weighted by molar-refractivity contribution is 6.31. The van der Waals surface area contributed by atoms with Gasteiger partial charge in [0.1, 0.15) is 0 Å². The molecule has 0 aliphatic rings. The molecule has 0 aromatic carbocycles. The SMILES string of the molecule is Cc1nn(CCC(C)(C)C#N)c(C)c1Cl. The van der Waals surface area contributed by atoms with Crippen molar-refractivity contribution in [3.05, 3.63) is 16.4 Å². The lowest BCUT2D eigenvalue weighted by Gasteiger charge is -2.15. The van der Waals surface area contributed by atoms with E-state index in [1.807, 2.05) is 32.4 Å². The predicted molar refractivity (Wildman–Crippen MR) is 60.7 cm³/mol. The number of halogens is 1. The Kier molecular flexibility index (Phi) is 3.41. The highest BCUT2D eigenvalue weighted by Crippen LogP contribution is 2.23. The summed E-state index contributed by atoms with van der Waals surface area (Å²) in [4.78, 5) is 0. The highest BCUT2D eigenvalue weighted by atomic mass is 35.5. The van der Waals surface area contributed by atoms with Crippen LogP contribution in [0.1, 0.15) is 31.7 Å². The van der Waals surface area contributed by atoms with Crippen LogP contribution < -0.4 is 0 Å². The molecule has 0 radical (unpaired) electrons. The van der Waals surface area contributed by atoms with E-state index in [9.17, 15) is 0 Å². The minimum atomic E-state index is -0.307. The van der Waals surface area contributed by atoms with Gasteiger partial charge in [0.2, 0.25) is 0 Å². The monoisotopic (exact) mass is 225 g/mol. The van der Waals surface area contributed by atoms with Gasteiger partial charge in [0.15, 0.2) is 0 Å². The van der Waals surface area contributed by atoms with E-state index in [0.717, 1.165) is 29.4 Å². The third-order valence-corrected chi connectivity index (χ3v) is 3.09. The van der Waals surface area contributed by atoms with Gasteiger partial charge >= 0.3 is 0 Å². The first-order chi connectivity index (χ1) is 6.87. The van der Waals surface area contributed by atoms with E-state index in [1.54, 1.807) is 0 Å². The molecule has 1 rings (SSSR count). The van der Waals surface area contributed by atoms with Crippen LogP contribution in [0.3, 0.4) is 0 Å². The smallest absolute Gasteiger partial charge is 0.0844 e. The summed E-state index contributed by atoms with van der Waals surface area (Å²) in [6, 6.07) is 2.28. The Morgan fingerprint density at radius 1 is 1.47 bits per heavy atom. The topological polar surface area (TPSA) is 41.6 Å². The van der Waals surface area contributed by atoms with Crippen LogP contribution in [0.25, 0.3) is 0 Å². The fourth-order valence-corrected chi connectivity index (χ4v) is 1.47. The van der Waals surface area contributed by atoms with E-state index >= 15 is 0 Å². The Hall–Kier alpha value is -1.01. The van der Waals surface area contributed by atoms with Gasteiger partial charge in [0.05, 0.1) is 27.9 Å². The van der Waals surface area contributed by atoms with Gasteiger partial charge in [-0.1, -0.05) is 11.6 Å². The van der Waals surface area contributed by atoms with E-state index in [1.165, 1.54) is 0 Å². The summed E-state index contributed by atoms with van der Waals surface area (Å²) >= 11 is 6.03. The van der Waals surface area contributed by atoms with E-state index in [0.29, 0.717) is 0 Å². The van der Waals surface area contributed by atoms with Gasteiger partial charge in [-0.2, -0.15) is 10.4 Å². The molecule has 0 amide bonds. The van der Waals surface area contributed by atoms with Gasteiger partial charge in [-0.3, -0.25) is 4.68 Å².